The van der Waals surface area contributed by atoms with E-state index >= 15 is 0 Å². The Bertz CT molecular complexity index is 178. The minimum absolute atomic E-state index is 0.183. The number of aliphatic carboxylic acids is 1. The zero-order valence-electron chi connectivity index (χ0n) is 6.90. The lowest BCUT2D eigenvalue weighted by molar-refractivity contribution is -0.297. The molecule has 1 rings (SSSR count). The van der Waals surface area contributed by atoms with Gasteiger partial charge < -0.3 is 15.0 Å². The number of rotatable bonds is 2. The van der Waals surface area contributed by atoms with Gasteiger partial charge in [0.2, 0.25) is 0 Å². The average Bonchev–Trinajstić information content (AvgIpc) is 2.03. The first-order valence-electron chi connectivity index (χ1n) is 4.25. The summed E-state index contributed by atoms with van der Waals surface area (Å²) in [4.78, 5) is 10.1. The van der Waals surface area contributed by atoms with Gasteiger partial charge in [-0.3, -0.25) is 0 Å². The molecule has 0 radical (unpaired) electrons. The fourth-order valence-corrected chi connectivity index (χ4v) is 1.51. The molecule has 3 heteroatoms. The van der Waals surface area contributed by atoms with Crippen molar-refractivity contribution in [1.82, 2.24) is 0 Å². The van der Waals surface area contributed by atoms with Crippen LogP contribution in [0.5, 0.6) is 0 Å². The van der Waals surface area contributed by atoms with Crippen LogP contribution in [0.1, 0.15) is 25.7 Å². The molecule has 0 aromatic heterocycles. The molecule has 1 saturated carbocycles. The Morgan fingerprint density at radius 3 is 2.42 bits per heavy atom. The maximum absolute atomic E-state index is 10.1. The molecule has 1 fully saturated rings. The lowest BCUT2D eigenvalue weighted by Crippen LogP contribution is -2.20. The highest BCUT2D eigenvalue weighted by Crippen LogP contribution is 2.24. The van der Waals surface area contributed by atoms with Gasteiger partial charge in [-0.2, -0.15) is 0 Å². The number of carbonyl (C=O) groups excluding carboxylic acids is 1. The maximum Gasteiger partial charge on any atom is 0.0639 e. The summed E-state index contributed by atoms with van der Waals surface area (Å²) >= 11 is 0. The molecular formula is C9H13O3-. The molecular weight excluding hydrogens is 156 g/mol. The van der Waals surface area contributed by atoms with Gasteiger partial charge in [-0.1, -0.05) is 6.08 Å². The Kier molecular flexibility index (Phi) is 3.29. The molecule has 0 aromatic carbocycles. The molecule has 68 valence electrons. The van der Waals surface area contributed by atoms with Crippen molar-refractivity contribution in [2.24, 2.45) is 5.92 Å². The Balaban J connectivity index is 2.30. The zero-order chi connectivity index (χ0) is 8.97. The van der Waals surface area contributed by atoms with Gasteiger partial charge in [0.15, 0.2) is 0 Å². The lowest BCUT2D eigenvalue weighted by Gasteiger charge is -2.22. The summed E-state index contributed by atoms with van der Waals surface area (Å²) in [7, 11) is 0. The summed E-state index contributed by atoms with van der Waals surface area (Å²) in [6.07, 6.45) is 5.89. The second-order valence-corrected chi connectivity index (χ2v) is 3.25. The first kappa shape index (κ1) is 9.26. The van der Waals surface area contributed by atoms with E-state index in [4.69, 9.17) is 5.11 Å². The van der Waals surface area contributed by atoms with Gasteiger partial charge in [-0.15, -0.1) is 0 Å². The lowest BCUT2D eigenvalue weighted by atomic mass is 9.87. The van der Waals surface area contributed by atoms with Crippen LogP contribution in [0.25, 0.3) is 0 Å². The smallest absolute Gasteiger partial charge is 0.0639 e. The number of hydrogen-bond acceptors (Lipinski definition) is 3. The topological polar surface area (TPSA) is 60.4 Å². The number of carboxylic acid groups (broad SMARTS) is 1. The van der Waals surface area contributed by atoms with Crippen LogP contribution in [0.2, 0.25) is 0 Å². The molecule has 0 bridgehead atoms. The molecule has 0 amide bonds. The summed E-state index contributed by atoms with van der Waals surface area (Å²) in [6, 6.07) is 0. The van der Waals surface area contributed by atoms with E-state index in [0.717, 1.165) is 31.8 Å². The van der Waals surface area contributed by atoms with Crippen molar-refractivity contribution in [2.75, 3.05) is 0 Å². The van der Waals surface area contributed by atoms with Crippen molar-refractivity contribution >= 4 is 5.97 Å². The second kappa shape index (κ2) is 4.26. The number of aliphatic hydroxyl groups excluding tert-OH is 1. The van der Waals surface area contributed by atoms with Crippen LogP contribution < -0.4 is 5.11 Å². The SMILES string of the molecule is O=C([O-])/C=C/C1CCC(O)CC1. The third-order valence-corrected chi connectivity index (χ3v) is 2.25. The number of carbonyl (C=O) groups is 1. The van der Waals surface area contributed by atoms with Gasteiger partial charge in [0.25, 0.3) is 0 Å². The average molecular weight is 169 g/mol. The van der Waals surface area contributed by atoms with Crippen LogP contribution in [0, 0.1) is 5.92 Å². The van der Waals surface area contributed by atoms with Gasteiger partial charge in [0, 0.05) is 0 Å². The second-order valence-electron chi connectivity index (χ2n) is 3.25. The Labute approximate surface area is 71.7 Å². The minimum Gasteiger partial charge on any atom is -0.545 e. The molecule has 0 heterocycles. The van der Waals surface area contributed by atoms with Crippen molar-refractivity contribution in [2.45, 2.75) is 31.8 Å². The Morgan fingerprint density at radius 2 is 1.92 bits per heavy atom. The zero-order valence-corrected chi connectivity index (χ0v) is 6.90. The Hall–Kier alpha value is -0.830. The Morgan fingerprint density at radius 1 is 1.33 bits per heavy atom. The van der Waals surface area contributed by atoms with Crippen molar-refractivity contribution in [3.63, 3.8) is 0 Å². The highest BCUT2D eigenvalue weighted by molar-refractivity contribution is 5.77. The first-order valence-corrected chi connectivity index (χ1v) is 4.25. The van der Waals surface area contributed by atoms with E-state index in [0.29, 0.717) is 5.92 Å². The van der Waals surface area contributed by atoms with E-state index < -0.39 is 5.97 Å². The summed E-state index contributed by atoms with van der Waals surface area (Å²) in [5, 5.41) is 19.2. The minimum atomic E-state index is -1.14. The number of carboxylic acids is 1. The number of allylic oxidation sites excluding steroid dienone is 1. The van der Waals surface area contributed by atoms with E-state index in [1.54, 1.807) is 6.08 Å². The molecule has 1 aliphatic carbocycles. The molecule has 0 unspecified atom stereocenters. The molecule has 0 atom stereocenters. The van der Waals surface area contributed by atoms with Gasteiger partial charge >= 0.3 is 0 Å². The molecule has 0 aliphatic heterocycles. The molecule has 0 aromatic rings. The van der Waals surface area contributed by atoms with Gasteiger partial charge in [-0.05, 0) is 37.7 Å². The third kappa shape index (κ3) is 3.05. The quantitative estimate of drug-likeness (QED) is 0.584. The van der Waals surface area contributed by atoms with E-state index in [1.807, 2.05) is 0 Å². The predicted molar refractivity (Wildman–Crippen MR) is 42.1 cm³/mol. The predicted octanol–water partition coefficient (Wildman–Crippen LogP) is -0.156. The fraction of sp³-hybridized carbons (Fsp3) is 0.667. The fourth-order valence-electron chi connectivity index (χ4n) is 1.51. The molecule has 0 saturated heterocycles. The normalized spacial score (nSPS) is 30.8. The largest absolute Gasteiger partial charge is 0.545 e. The van der Waals surface area contributed by atoms with Crippen molar-refractivity contribution in [1.29, 1.82) is 0 Å². The van der Waals surface area contributed by atoms with E-state index in [-0.39, 0.29) is 6.10 Å². The third-order valence-electron chi connectivity index (χ3n) is 2.25. The number of hydrogen-bond donors (Lipinski definition) is 1. The van der Waals surface area contributed by atoms with Gasteiger partial charge in [0.1, 0.15) is 0 Å². The van der Waals surface area contributed by atoms with Crippen LogP contribution in [-0.2, 0) is 4.79 Å². The van der Waals surface area contributed by atoms with Crippen molar-refractivity contribution < 1.29 is 15.0 Å². The monoisotopic (exact) mass is 169 g/mol. The first-order chi connectivity index (χ1) is 5.68. The van der Waals surface area contributed by atoms with Crippen LogP contribution in [0.3, 0.4) is 0 Å². The standard InChI is InChI=1S/C9H14O3/c10-8-4-1-7(2-5-8)3-6-9(11)12/h3,6-8,10H,1-2,4-5H2,(H,11,12)/p-1/b6-3+. The summed E-state index contributed by atoms with van der Waals surface area (Å²) < 4.78 is 0. The van der Waals surface area contributed by atoms with E-state index in [1.165, 1.54) is 0 Å². The van der Waals surface area contributed by atoms with Crippen LogP contribution in [0.4, 0.5) is 0 Å². The van der Waals surface area contributed by atoms with Crippen LogP contribution in [-0.4, -0.2) is 17.2 Å². The van der Waals surface area contributed by atoms with Crippen molar-refractivity contribution in [3.8, 4) is 0 Å². The summed E-state index contributed by atoms with van der Waals surface area (Å²) in [5.41, 5.74) is 0. The molecule has 1 aliphatic rings. The molecule has 3 nitrogen and oxygen atoms in total. The van der Waals surface area contributed by atoms with E-state index in [2.05, 4.69) is 0 Å². The summed E-state index contributed by atoms with van der Waals surface area (Å²) in [5.74, 6) is -0.826. The van der Waals surface area contributed by atoms with Crippen LogP contribution in [0.15, 0.2) is 12.2 Å². The molecule has 0 spiro atoms. The van der Waals surface area contributed by atoms with Gasteiger partial charge in [0.05, 0.1) is 12.1 Å². The van der Waals surface area contributed by atoms with E-state index in [9.17, 15) is 9.90 Å². The van der Waals surface area contributed by atoms with Gasteiger partial charge in [-0.25, -0.2) is 0 Å². The summed E-state index contributed by atoms with van der Waals surface area (Å²) in [6.45, 7) is 0. The van der Waals surface area contributed by atoms with Crippen molar-refractivity contribution in [3.05, 3.63) is 12.2 Å². The highest BCUT2D eigenvalue weighted by atomic mass is 16.4. The highest BCUT2D eigenvalue weighted by Gasteiger charge is 2.16. The molecule has 1 N–H and O–H groups in total. The van der Waals surface area contributed by atoms with Crippen LogP contribution >= 0.6 is 0 Å². The maximum atomic E-state index is 10.1. The number of aliphatic hydroxyl groups is 1. The molecule has 12 heavy (non-hydrogen) atoms.